The van der Waals surface area contributed by atoms with Gasteiger partial charge in [0.25, 0.3) is 0 Å². The van der Waals surface area contributed by atoms with Gasteiger partial charge in [-0.2, -0.15) is 0 Å². The van der Waals surface area contributed by atoms with E-state index in [2.05, 4.69) is 69.3 Å². The van der Waals surface area contributed by atoms with Crippen LogP contribution in [0.25, 0.3) is 0 Å². The van der Waals surface area contributed by atoms with Crippen molar-refractivity contribution < 1.29 is 18.9 Å². The van der Waals surface area contributed by atoms with Gasteiger partial charge in [-0.05, 0) is 60.8 Å². The van der Waals surface area contributed by atoms with Crippen molar-refractivity contribution in [3.63, 3.8) is 0 Å². The van der Waals surface area contributed by atoms with Crippen molar-refractivity contribution in [1.82, 2.24) is 0 Å². The Morgan fingerprint density at radius 2 is 1.72 bits per heavy atom. The molecule has 2 saturated heterocycles. The standard InChI is InChI=1S/C28H36O4/c1-19-20(2)27(32-18-25-17-31-25)14-13-26(19)28(3,21-7-5-4-6-8-21)22-9-11-23(12-10-22)29-15-24-16-30-24/h4-9,11-12,19,22,24-26H,10,13-18H2,1-3H3. The molecule has 5 rings (SSSR count). The minimum absolute atomic E-state index is 0.0329. The highest BCUT2D eigenvalue weighted by Gasteiger charge is 2.46. The molecule has 2 fully saturated rings. The number of epoxide rings is 2. The predicted molar refractivity (Wildman–Crippen MR) is 125 cm³/mol. The second-order valence-corrected chi connectivity index (χ2v) is 10.0. The fourth-order valence-electron chi connectivity index (χ4n) is 5.66. The average Bonchev–Trinajstić information content (AvgIpc) is 3.74. The summed E-state index contributed by atoms with van der Waals surface area (Å²) in [4.78, 5) is 0. The Labute approximate surface area is 192 Å². The summed E-state index contributed by atoms with van der Waals surface area (Å²) in [5.74, 6) is 3.61. The number of benzene rings is 1. The lowest BCUT2D eigenvalue weighted by molar-refractivity contribution is 0.112. The van der Waals surface area contributed by atoms with Gasteiger partial charge in [-0.25, -0.2) is 0 Å². The molecule has 0 bridgehead atoms. The van der Waals surface area contributed by atoms with Gasteiger partial charge < -0.3 is 18.9 Å². The Kier molecular flexibility index (Phi) is 6.18. The maximum absolute atomic E-state index is 6.17. The largest absolute Gasteiger partial charge is 0.495 e. The molecule has 0 amide bonds. The van der Waals surface area contributed by atoms with E-state index in [-0.39, 0.29) is 11.5 Å². The summed E-state index contributed by atoms with van der Waals surface area (Å²) in [5, 5.41) is 0. The van der Waals surface area contributed by atoms with E-state index in [0.717, 1.165) is 38.2 Å². The van der Waals surface area contributed by atoms with E-state index in [4.69, 9.17) is 18.9 Å². The van der Waals surface area contributed by atoms with Crippen molar-refractivity contribution in [1.29, 1.82) is 0 Å². The monoisotopic (exact) mass is 436 g/mol. The lowest BCUT2D eigenvalue weighted by Crippen LogP contribution is -2.44. The summed E-state index contributed by atoms with van der Waals surface area (Å²) in [7, 11) is 0. The quantitative estimate of drug-likeness (QED) is 0.476. The molecule has 2 heterocycles. The Balaban J connectivity index is 1.37. The molecule has 6 unspecified atom stereocenters. The number of ether oxygens (including phenoxy) is 4. The van der Waals surface area contributed by atoms with Crippen molar-refractivity contribution in [2.24, 2.45) is 17.8 Å². The van der Waals surface area contributed by atoms with Crippen LogP contribution in [0.4, 0.5) is 0 Å². The average molecular weight is 437 g/mol. The zero-order valence-electron chi connectivity index (χ0n) is 19.6. The molecule has 0 N–H and O–H groups in total. The minimum Gasteiger partial charge on any atom is -0.495 e. The number of rotatable bonds is 9. The molecular formula is C28H36O4. The minimum atomic E-state index is 0.0329. The highest BCUT2D eigenvalue weighted by Crippen LogP contribution is 2.52. The molecule has 1 aromatic carbocycles. The van der Waals surface area contributed by atoms with Gasteiger partial charge in [-0.3, -0.25) is 0 Å². The molecule has 32 heavy (non-hydrogen) atoms. The lowest BCUT2D eigenvalue weighted by atomic mass is 9.56. The SMILES string of the molecule is CC1=C(OCC2CO2)CCC(C(C)(c2ccccc2)C2C=CC(OCC3CO3)=CC2)C1C. The molecule has 4 aliphatic rings. The van der Waals surface area contributed by atoms with E-state index in [9.17, 15) is 0 Å². The van der Waals surface area contributed by atoms with Crippen LogP contribution < -0.4 is 0 Å². The molecule has 0 aromatic heterocycles. The first-order chi connectivity index (χ1) is 15.6. The van der Waals surface area contributed by atoms with Crippen molar-refractivity contribution in [3.05, 3.63) is 71.2 Å². The Bertz CT molecular complexity index is 893. The highest BCUT2D eigenvalue weighted by atomic mass is 16.6. The summed E-state index contributed by atoms with van der Waals surface area (Å²) in [5.41, 5.74) is 2.87. The van der Waals surface area contributed by atoms with Crippen LogP contribution in [0, 0.1) is 17.8 Å². The van der Waals surface area contributed by atoms with Crippen molar-refractivity contribution >= 4 is 0 Å². The van der Waals surface area contributed by atoms with Gasteiger partial charge in [0.15, 0.2) is 0 Å². The third-order valence-electron chi connectivity index (χ3n) is 8.09. The smallest absolute Gasteiger partial charge is 0.117 e. The van der Waals surface area contributed by atoms with E-state index in [1.807, 2.05) is 0 Å². The normalized spacial score (nSPS) is 33.3. The first-order valence-electron chi connectivity index (χ1n) is 12.2. The van der Waals surface area contributed by atoms with Crippen molar-refractivity contribution in [3.8, 4) is 0 Å². The third-order valence-corrected chi connectivity index (χ3v) is 8.09. The van der Waals surface area contributed by atoms with E-state index < -0.39 is 0 Å². The lowest BCUT2D eigenvalue weighted by Gasteiger charge is -2.49. The van der Waals surface area contributed by atoms with Crippen LogP contribution in [-0.4, -0.2) is 38.6 Å². The summed E-state index contributed by atoms with van der Waals surface area (Å²) in [6.45, 7) is 10.2. The van der Waals surface area contributed by atoms with Crippen LogP contribution >= 0.6 is 0 Å². The van der Waals surface area contributed by atoms with E-state index >= 15 is 0 Å². The van der Waals surface area contributed by atoms with E-state index in [1.165, 1.54) is 16.9 Å². The second kappa shape index (κ2) is 9.07. The van der Waals surface area contributed by atoms with Gasteiger partial charge >= 0.3 is 0 Å². The van der Waals surface area contributed by atoms with Gasteiger partial charge in [-0.1, -0.05) is 50.3 Å². The maximum atomic E-state index is 6.17. The molecular weight excluding hydrogens is 400 g/mol. The molecule has 1 aromatic rings. The maximum Gasteiger partial charge on any atom is 0.117 e. The summed E-state index contributed by atoms with van der Waals surface area (Å²) in [6.07, 6.45) is 10.6. The van der Waals surface area contributed by atoms with Crippen LogP contribution in [-0.2, 0) is 24.4 Å². The molecule has 6 atom stereocenters. The van der Waals surface area contributed by atoms with Gasteiger partial charge in [0, 0.05) is 11.8 Å². The number of hydrogen-bond donors (Lipinski definition) is 0. The number of hydrogen-bond acceptors (Lipinski definition) is 4. The fourth-order valence-corrected chi connectivity index (χ4v) is 5.66. The number of allylic oxidation sites excluding steroid dienone is 5. The van der Waals surface area contributed by atoms with Crippen LogP contribution in [0.3, 0.4) is 0 Å². The van der Waals surface area contributed by atoms with Crippen molar-refractivity contribution in [2.75, 3.05) is 26.4 Å². The third kappa shape index (κ3) is 4.53. The van der Waals surface area contributed by atoms with Gasteiger partial charge in [0.05, 0.1) is 19.0 Å². The summed E-state index contributed by atoms with van der Waals surface area (Å²) < 4.78 is 22.7. The predicted octanol–water partition coefficient (Wildman–Crippen LogP) is 5.56. The van der Waals surface area contributed by atoms with E-state index in [1.54, 1.807) is 0 Å². The van der Waals surface area contributed by atoms with Crippen LogP contribution in [0.2, 0.25) is 0 Å². The van der Waals surface area contributed by atoms with Crippen LogP contribution in [0.1, 0.15) is 45.6 Å². The van der Waals surface area contributed by atoms with Crippen LogP contribution in [0.15, 0.2) is 65.7 Å². The molecule has 0 radical (unpaired) electrons. The molecule has 2 aliphatic heterocycles. The first-order valence-corrected chi connectivity index (χ1v) is 12.2. The molecule has 0 saturated carbocycles. The molecule has 4 heteroatoms. The van der Waals surface area contributed by atoms with Gasteiger partial charge in [0.1, 0.15) is 31.2 Å². The zero-order valence-corrected chi connectivity index (χ0v) is 19.6. The summed E-state index contributed by atoms with van der Waals surface area (Å²) >= 11 is 0. The molecule has 4 nitrogen and oxygen atoms in total. The Hall–Kier alpha value is -2.04. The topological polar surface area (TPSA) is 43.5 Å². The first kappa shape index (κ1) is 21.8. The van der Waals surface area contributed by atoms with Crippen molar-refractivity contribution in [2.45, 2.75) is 57.7 Å². The summed E-state index contributed by atoms with van der Waals surface area (Å²) in [6, 6.07) is 11.1. The molecule has 2 aliphatic carbocycles. The fraction of sp³-hybridized carbons (Fsp3) is 0.571. The van der Waals surface area contributed by atoms with E-state index in [0.29, 0.717) is 37.1 Å². The highest BCUT2D eigenvalue weighted by molar-refractivity contribution is 5.34. The Morgan fingerprint density at radius 3 is 2.34 bits per heavy atom. The van der Waals surface area contributed by atoms with Crippen LogP contribution in [0.5, 0.6) is 0 Å². The Morgan fingerprint density at radius 1 is 1.03 bits per heavy atom. The van der Waals surface area contributed by atoms with Gasteiger partial charge in [-0.15, -0.1) is 0 Å². The zero-order chi connectivity index (χ0) is 22.1. The molecule has 0 spiro atoms. The second-order valence-electron chi connectivity index (χ2n) is 10.0. The molecule has 172 valence electrons. The van der Waals surface area contributed by atoms with Gasteiger partial charge in [0.2, 0.25) is 0 Å².